The minimum absolute atomic E-state index is 0.109. The van der Waals surface area contributed by atoms with Gasteiger partial charge in [0, 0.05) is 13.0 Å². The molecule has 0 unspecified atom stereocenters. The zero-order chi connectivity index (χ0) is 18.1. The van der Waals surface area contributed by atoms with E-state index < -0.39 is 29.0 Å². The smallest absolute Gasteiger partial charge is 0.233 e. The molecule has 5 nitrogen and oxygen atoms in total. The van der Waals surface area contributed by atoms with Gasteiger partial charge in [-0.15, -0.1) is 0 Å². The Hall–Kier alpha value is -2.38. The summed E-state index contributed by atoms with van der Waals surface area (Å²) in [4.78, 5) is 37.5. The Bertz CT molecular complexity index is 714. The van der Waals surface area contributed by atoms with E-state index in [1.165, 1.54) is 0 Å². The maximum absolute atomic E-state index is 13.5. The lowest BCUT2D eigenvalue weighted by Gasteiger charge is -2.19. The quantitative estimate of drug-likeness (QED) is 0.668. The molecule has 2 aliphatic rings. The fourth-order valence-electron chi connectivity index (χ4n) is 3.50. The fourth-order valence-corrected chi connectivity index (χ4v) is 3.50. The van der Waals surface area contributed by atoms with Crippen LogP contribution in [0, 0.1) is 29.3 Å². The lowest BCUT2D eigenvalue weighted by atomic mass is 9.81. The number of carbonyl (C=O) groups excluding carboxylic acids is 3. The van der Waals surface area contributed by atoms with E-state index in [4.69, 9.17) is 0 Å². The van der Waals surface area contributed by atoms with Gasteiger partial charge in [-0.25, -0.2) is 13.2 Å². The third kappa shape index (κ3) is 3.25. The van der Waals surface area contributed by atoms with E-state index in [0.29, 0.717) is 18.9 Å². The summed E-state index contributed by atoms with van der Waals surface area (Å²) in [6.07, 6.45) is 2.93. The number of halogens is 3. The van der Waals surface area contributed by atoms with E-state index in [-0.39, 0.29) is 36.6 Å². The van der Waals surface area contributed by atoms with E-state index in [1.807, 2.05) is 0 Å². The van der Waals surface area contributed by atoms with Crippen molar-refractivity contribution in [2.75, 3.05) is 11.9 Å². The molecule has 0 spiro atoms. The molecule has 8 heteroatoms. The van der Waals surface area contributed by atoms with E-state index in [1.54, 1.807) is 0 Å². The molecule has 0 aromatic heterocycles. The van der Waals surface area contributed by atoms with Gasteiger partial charge < -0.3 is 5.32 Å². The molecule has 0 radical (unpaired) electrons. The van der Waals surface area contributed by atoms with Crippen molar-refractivity contribution in [1.82, 2.24) is 4.90 Å². The lowest BCUT2D eigenvalue weighted by Crippen LogP contribution is -2.34. The molecule has 3 amide bonds. The molecule has 1 heterocycles. The van der Waals surface area contributed by atoms with Gasteiger partial charge in [-0.05, 0) is 25.0 Å². The first-order valence-electron chi connectivity index (χ1n) is 8.18. The summed E-state index contributed by atoms with van der Waals surface area (Å²) in [5, 5.41) is 2.12. The molecule has 1 aromatic carbocycles. The lowest BCUT2D eigenvalue weighted by molar-refractivity contribution is -0.140. The summed E-state index contributed by atoms with van der Waals surface area (Å²) in [6.45, 7) is -0.109. The molecule has 2 fully saturated rings. The summed E-state index contributed by atoms with van der Waals surface area (Å²) in [5.41, 5.74) is -0.489. The first-order chi connectivity index (χ1) is 11.9. The Morgan fingerprint density at radius 3 is 2.24 bits per heavy atom. The van der Waals surface area contributed by atoms with Crippen LogP contribution in [0.5, 0.6) is 0 Å². The van der Waals surface area contributed by atoms with Crippen LogP contribution in [-0.2, 0) is 14.4 Å². The number of likely N-dealkylation sites (tertiary alicyclic amines) is 1. The largest absolute Gasteiger partial charge is 0.323 e. The molecule has 1 aliphatic heterocycles. The van der Waals surface area contributed by atoms with Gasteiger partial charge in [-0.3, -0.25) is 19.3 Å². The van der Waals surface area contributed by atoms with Gasteiger partial charge in [0.05, 0.1) is 17.5 Å². The third-order valence-corrected chi connectivity index (χ3v) is 4.80. The van der Waals surface area contributed by atoms with Crippen molar-refractivity contribution in [3.8, 4) is 0 Å². The number of carbonyl (C=O) groups is 3. The molecular weight excluding hydrogens is 337 g/mol. The van der Waals surface area contributed by atoms with Crippen molar-refractivity contribution in [2.45, 2.75) is 32.1 Å². The van der Waals surface area contributed by atoms with Crippen LogP contribution in [0.2, 0.25) is 0 Å². The molecule has 2 atom stereocenters. The van der Waals surface area contributed by atoms with E-state index in [9.17, 15) is 27.6 Å². The number of benzene rings is 1. The number of rotatable bonds is 4. The number of nitrogens with zero attached hydrogens (tertiary/aromatic N) is 1. The average Bonchev–Trinajstić information content (AvgIpc) is 2.85. The van der Waals surface area contributed by atoms with Crippen molar-refractivity contribution in [3.05, 3.63) is 29.6 Å². The van der Waals surface area contributed by atoms with Gasteiger partial charge in [0.25, 0.3) is 0 Å². The summed E-state index contributed by atoms with van der Waals surface area (Å²) in [6, 6.07) is 1.61. The second-order valence-electron chi connectivity index (χ2n) is 6.35. The monoisotopic (exact) mass is 354 g/mol. The molecule has 1 aromatic rings. The van der Waals surface area contributed by atoms with Crippen molar-refractivity contribution in [2.24, 2.45) is 11.8 Å². The Labute approximate surface area is 142 Å². The van der Waals surface area contributed by atoms with Crippen molar-refractivity contribution < 1.29 is 27.6 Å². The van der Waals surface area contributed by atoms with Gasteiger partial charge in [0.15, 0.2) is 17.5 Å². The first kappa shape index (κ1) is 17.4. The van der Waals surface area contributed by atoms with Crippen LogP contribution in [0.3, 0.4) is 0 Å². The molecule has 3 rings (SSSR count). The Morgan fingerprint density at radius 1 is 1.04 bits per heavy atom. The summed E-state index contributed by atoms with van der Waals surface area (Å²) >= 11 is 0. The average molecular weight is 354 g/mol. The molecule has 1 saturated carbocycles. The Balaban J connectivity index is 1.60. The molecule has 1 aliphatic carbocycles. The number of fused-ring (bicyclic) bond motifs is 1. The zero-order valence-electron chi connectivity index (χ0n) is 13.4. The molecule has 1 saturated heterocycles. The number of hydrogen-bond donors (Lipinski definition) is 1. The van der Waals surface area contributed by atoms with Gasteiger partial charge in [0.2, 0.25) is 17.7 Å². The second kappa shape index (κ2) is 6.85. The molecule has 25 heavy (non-hydrogen) atoms. The van der Waals surface area contributed by atoms with Crippen LogP contribution in [0.15, 0.2) is 12.1 Å². The van der Waals surface area contributed by atoms with E-state index in [2.05, 4.69) is 5.32 Å². The number of anilines is 1. The van der Waals surface area contributed by atoms with Crippen molar-refractivity contribution >= 4 is 23.4 Å². The van der Waals surface area contributed by atoms with Crippen LogP contribution in [0.1, 0.15) is 32.1 Å². The Kier molecular flexibility index (Phi) is 4.78. The van der Waals surface area contributed by atoms with Crippen LogP contribution >= 0.6 is 0 Å². The van der Waals surface area contributed by atoms with Gasteiger partial charge in [-0.1, -0.05) is 12.8 Å². The van der Waals surface area contributed by atoms with Crippen LogP contribution < -0.4 is 5.32 Å². The molecule has 0 bridgehead atoms. The number of nitrogens with one attached hydrogen (secondary N) is 1. The summed E-state index contributed by atoms with van der Waals surface area (Å²) < 4.78 is 39.6. The minimum atomic E-state index is -1.67. The minimum Gasteiger partial charge on any atom is -0.323 e. The maximum atomic E-state index is 13.5. The van der Waals surface area contributed by atoms with Crippen molar-refractivity contribution in [1.29, 1.82) is 0 Å². The molecule has 1 N–H and O–H groups in total. The molecule has 134 valence electrons. The Morgan fingerprint density at radius 2 is 1.64 bits per heavy atom. The van der Waals surface area contributed by atoms with Crippen LogP contribution in [0.25, 0.3) is 0 Å². The number of hydrogen-bond acceptors (Lipinski definition) is 3. The fraction of sp³-hybridized carbons (Fsp3) is 0.471. The summed E-state index contributed by atoms with van der Waals surface area (Å²) in [7, 11) is 0. The van der Waals surface area contributed by atoms with Gasteiger partial charge in [0.1, 0.15) is 0 Å². The third-order valence-electron chi connectivity index (χ3n) is 4.80. The highest BCUT2D eigenvalue weighted by Crippen LogP contribution is 2.38. The van der Waals surface area contributed by atoms with Gasteiger partial charge >= 0.3 is 0 Å². The second-order valence-corrected chi connectivity index (χ2v) is 6.35. The standard InChI is InChI=1S/C17H17F3N2O3/c18-11-5-6-12(15(20)14(11)19)21-13(23)7-8-22-16(24)9-3-1-2-4-10(9)17(22)25/h5-6,9-10H,1-4,7-8H2,(H,21,23)/t9-,10-/m0/s1. The number of imide groups is 1. The maximum Gasteiger partial charge on any atom is 0.233 e. The predicted molar refractivity (Wildman–Crippen MR) is 81.7 cm³/mol. The highest BCUT2D eigenvalue weighted by molar-refractivity contribution is 6.05. The molecular formula is C17H17F3N2O3. The zero-order valence-corrected chi connectivity index (χ0v) is 13.4. The highest BCUT2D eigenvalue weighted by Gasteiger charge is 2.47. The van der Waals surface area contributed by atoms with Crippen LogP contribution in [-0.4, -0.2) is 29.2 Å². The van der Waals surface area contributed by atoms with Crippen LogP contribution in [0.4, 0.5) is 18.9 Å². The van der Waals surface area contributed by atoms with Gasteiger partial charge in [-0.2, -0.15) is 0 Å². The SMILES string of the molecule is O=C(CCN1C(=O)[C@H]2CCCC[C@@H]2C1=O)Nc1ccc(F)c(F)c1F. The highest BCUT2D eigenvalue weighted by atomic mass is 19.2. The van der Waals surface area contributed by atoms with Crippen molar-refractivity contribution in [3.63, 3.8) is 0 Å². The topological polar surface area (TPSA) is 66.5 Å². The first-order valence-corrected chi connectivity index (χ1v) is 8.18. The number of amides is 3. The van der Waals surface area contributed by atoms with E-state index in [0.717, 1.165) is 23.8 Å². The normalized spacial score (nSPS) is 22.9. The summed E-state index contributed by atoms with van der Waals surface area (Å²) in [5.74, 6) is -6.34. The predicted octanol–water partition coefficient (Wildman–Crippen LogP) is 2.61. The van der Waals surface area contributed by atoms with E-state index >= 15 is 0 Å².